The molecule has 1 amide bonds. The summed E-state index contributed by atoms with van der Waals surface area (Å²) in [5, 5.41) is 2.14. The fourth-order valence-corrected chi connectivity index (χ4v) is 1.19. The number of carbonyl (C=O) groups excluding carboxylic acids is 2. The molecule has 0 aliphatic rings. The van der Waals surface area contributed by atoms with Crippen LogP contribution < -0.4 is 5.32 Å². The van der Waals surface area contributed by atoms with Crippen LogP contribution in [0, 0.1) is 0 Å². The Hall–Kier alpha value is -0.710. The van der Waals surface area contributed by atoms with Gasteiger partial charge in [0.05, 0.1) is 0 Å². The first kappa shape index (κ1) is 14.3. The van der Waals surface area contributed by atoms with Crippen LogP contribution in [0.15, 0.2) is 0 Å². The topological polar surface area (TPSA) is 55.4 Å². The zero-order chi connectivity index (χ0) is 12.1. The molecule has 15 heavy (non-hydrogen) atoms. The SMILES string of the molecule is CCC[C@H](NC(=O)OC(C)(C)C)C(=O)S. The Morgan fingerprint density at radius 3 is 2.27 bits per heavy atom. The number of alkyl carbamates (subject to hydrolysis) is 1. The minimum atomic E-state index is -0.580. The van der Waals surface area contributed by atoms with Crippen molar-refractivity contribution in [3.63, 3.8) is 0 Å². The van der Waals surface area contributed by atoms with Crippen LogP contribution in [0.2, 0.25) is 0 Å². The normalized spacial score (nSPS) is 13.1. The van der Waals surface area contributed by atoms with E-state index in [0.717, 1.165) is 6.42 Å². The number of ether oxygens (including phenoxy) is 1. The maximum absolute atomic E-state index is 11.3. The highest BCUT2D eigenvalue weighted by molar-refractivity contribution is 7.96. The molecule has 0 spiro atoms. The van der Waals surface area contributed by atoms with Gasteiger partial charge < -0.3 is 10.1 Å². The highest BCUT2D eigenvalue weighted by atomic mass is 32.1. The van der Waals surface area contributed by atoms with Gasteiger partial charge in [0.25, 0.3) is 0 Å². The quantitative estimate of drug-likeness (QED) is 0.731. The molecule has 0 heterocycles. The van der Waals surface area contributed by atoms with Gasteiger partial charge in [-0.2, -0.15) is 0 Å². The van der Waals surface area contributed by atoms with Crippen LogP contribution in [0.4, 0.5) is 4.79 Å². The van der Waals surface area contributed by atoms with Gasteiger partial charge in [-0.05, 0) is 27.2 Å². The van der Waals surface area contributed by atoms with Crippen molar-refractivity contribution >= 4 is 23.8 Å². The fraction of sp³-hybridized carbons (Fsp3) is 0.800. The predicted octanol–water partition coefficient (Wildman–Crippen LogP) is 2.14. The third-order valence-corrected chi connectivity index (χ3v) is 1.88. The molecule has 1 atom stereocenters. The number of amides is 1. The molecule has 0 aliphatic heterocycles. The third kappa shape index (κ3) is 7.25. The summed E-state index contributed by atoms with van der Waals surface area (Å²) in [7, 11) is 0. The van der Waals surface area contributed by atoms with Crippen LogP contribution >= 0.6 is 12.6 Å². The fourth-order valence-electron chi connectivity index (χ4n) is 0.996. The predicted molar refractivity (Wildman–Crippen MR) is 62.1 cm³/mol. The van der Waals surface area contributed by atoms with Gasteiger partial charge in [-0.1, -0.05) is 13.3 Å². The molecule has 4 nitrogen and oxygen atoms in total. The Balaban J connectivity index is 4.18. The lowest BCUT2D eigenvalue weighted by molar-refractivity contribution is -0.112. The van der Waals surface area contributed by atoms with Crippen LogP contribution in [0.5, 0.6) is 0 Å². The van der Waals surface area contributed by atoms with Gasteiger partial charge in [-0.15, -0.1) is 12.6 Å². The molecule has 0 aromatic carbocycles. The van der Waals surface area contributed by atoms with E-state index in [2.05, 4.69) is 17.9 Å². The van der Waals surface area contributed by atoms with E-state index < -0.39 is 17.7 Å². The molecule has 0 aromatic heterocycles. The molecule has 0 saturated heterocycles. The molecule has 0 saturated carbocycles. The summed E-state index contributed by atoms with van der Waals surface area (Å²) in [5.41, 5.74) is -0.555. The number of carbonyl (C=O) groups is 2. The van der Waals surface area contributed by atoms with Crippen LogP contribution in [-0.2, 0) is 9.53 Å². The van der Waals surface area contributed by atoms with Crippen molar-refractivity contribution in [2.24, 2.45) is 0 Å². The molecule has 0 rings (SSSR count). The van der Waals surface area contributed by atoms with Crippen LogP contribution in [0.25, 0.3) is 0 Å². The summed E-state index contributed by atoms with van der Waals surface area (Å²) in [6.07, 6.45) is 0.789. The maximum Gasteiger partial charge on any atom is 0.408 e. The molecule has 0 aromatic rings. The van der Waals surface area contributed by atoms with E-state index in [1.54, 1.807) is 20.8 Å². The van der Waals surface area contributed by atoms with Gasteiger partial charge in [-0.25, -0.2) is 4.79 Å². The van der Waals surface area contributed by atoms with Gasteiger partial charge in [0.2, 0.25) is 5.12 Å². The highest BCUT2D eigenvalue weighted by Crippen LogP contribution is 2.08. The van der Waals surface area contributed by atoms with E-state index in [0.29, 0.717) is 6.42 Å². The molecule has 5 heteroatoms. The molecule has 0 radical (unpaired) electrons. The molecular weight excluding hydrogens is 214 g/mol. The summed E-state index contributed by atoms with van der Waals surface area (Å²) < 4.78 is 5.03. The molecule has 0 bridgehead atoms. The highest BCUT2D eigenvalue weighted by Gasteiger charge is 2.21. The standard InChI is InChI=1S/C10H19NO3S/c1-5-6-7(8(12)15)11-9(13)14-10(2,3)4/h7H,5-6H2,1-4H3,(H,11,13)(H,12,15)/t7-/m0/s1. The largest absolute Gasteiger partial charge is 0.444 e. The average Bonchev–Trinajstić information content (AvgIpc) is 1.99. The minimum absolute atomic E-state index is 0.345. The number of nitrogens with one attached hydrogen (secondary N) is 1. The van der Waals surface area contributed by atoms with E-state index in [-0.39, 0.29) is 5.12 Å². The minimum Gasteiger partial charge on any atom is -0.444 e. The van der Waals surface area contributed by atoms with Crippen molar-refractivity contribution in [2.45, 2.75) is 52.2 Å². The first-order chi connectivity index (χ1) is 6.76. The zero-order valence-corrected chi connectivity index (χ0v) is 10.6. The number of hydrogen-bond acceptors (Lipinski definition) is 3. The number of hydrogen-bond donors (Lipinski definition) is 2. The Labute approximate surface area is 96.2 Å². The summed E-state index contributed by atoms with van der Waals surface area (Å²) in [4.78, 5) is 22.4. The van der Waals surface area contributed by atoms with Crippen molar-refractivity contribution in [1.82, 2.24) is 5.32 Å². The summed E-state index contributed by atoms with van der Waals surface area (Å²) in [5.74, 6) is 0. The Bertz CT molecular complexity index is 235. The number of thiol groups is 1. The van der Waals surface area contributed by atoms with E-state index in [9.17, 15) is 9.59 Å². The van der Waals surface area contributed by atoms with Crippen molar-refractivity contribution in [2.75, 3.05) is 0 Å². The van der Waals surface area contributed by atoms with Crippen LogP contribution in [0.1, 0.15) is 40.5 Å². The van der Waals surface area contributed by atoms with Crippen molar-refractivity contribution in [3.8, 4) is 0 Å². The van der Waals surface area contributed by atoms with Gasteiger partial charge >= 0.3 is 6.09 Å². The van der Waals surface area contributed by atoms with E-state index in [4.69, 9.17) is 4.74 Å². The Kier molecular flexibility index (Phi) is 5.72. The maximum atomic E-state index is 11.3. The van der Waals surface area contributed by atoms with E-state index in [1.165, 1.54) is 0 Å². The van der Waals surface area contributed by atoms with Gasteiger partial charge in [0, 0.05) is 0 Å². The van der Waals surface area contributed by atoms with Crippen LogP contribution in [-0.4, -0.2) is 22.9 Å². The van der Waals surface area contributed by atoms with Crippen LogP contribution in [0.3, 0.4) is 0 Å². The second-order valence-electron chi connectivity index (χ2n) is 4.33. The van der Waals surface area contributed by atoms with Crippen molar-refractivity contribution in [3.05, 3.63) is 0 Å². The van der Waals surface area contributed by atoms with Crippen molar-refractivity contribution in [1.29, 1.82) is 0 Å². The lowest BCUT2D eigenvalue weighted by Crippen LogP contribution is -2.42. The summed E-state index contributed by atoms with van der Waals surface area (Å²) in [6, 6.07) is -0.562. The monoisotopic (exact) mass is 233 g/mol. The molecule has 1 N–H and O–H groups in total. The second-order valence-corrected chi connectivity index (χ2v) is 4.77. The number of rotatable bonds is 4. The lowest BCUT2D eigenvalue weighted by atomic mass is 10.2. The first-order valence-electron chi connectivity index (χ1n) is 4.98. The average molecular weight is 233 g/mol. The van der Waals surface area contributed by atoms with Gasteiger partial charge in [-0.3, -0.25) is 4.79 Å². The molecule has 0 aliphatic carbocycles. The Morgan fingerprint density at radius 1 is 1.40 bits per heavy atom. The van der Waals surface area contributed by atoms with E-state index >= 15 is 0 Å². The van der Waals surface area contributed by atoms with E-state index in [1.807, 2.05) is 6.92 Å². The summed E-state index contributed by atoms with van der Waals surface area (Å²) >= 11 is 3.70. The second kappa shape index (κ2) is 6.00. The summed E-state index contributed by atoms with van der Waals surface area (Å²) in [6.45, 7) is 7.23. The van der Waals surface area contributed by atoms with Gasteiger partial charge in [0.1, 0.15) is 11.6 Å². The Morgan fingerprint density at radius 2 is 1.93 bits per heavy atom. The molecule has 0 unspecified atom stereocenters. The van der Waals surface area contributed by atoms with Gasteiger partial charge in [0.15, 0.2) is 0 Å². The zero-order valence-electron chi connectivity index (χ0n) is 9.66. The molecule has 88 valence electrons. The smallest absolute Gasteiger partial charge is 0.408 e. The molecule has 0 fully saturated rings. The third-order valence-electron chi connectivity index (χ3n) is 1.57. The molecular formula is C10H19NO3S. The van der Waals surface area contributed by atoms with Crippen molar-refractivity contribution < 1.29 is 14.3 Å². The first-order valence-corrected chi connectivity index (χ1v) is 5.43. The lowest BCUT2D eigenvalue weighted by Gasteiger charge is -2.22.